The minimum Gasteiger partial charge on any atom is -0.376 e. The van der Waals surface area contributed by atoms with E-state index in [1.165, 1.54) is 18.2 Å². The highest BCUT2D eigenvalue weighted by molar-refractivity contribution is 6.07. The number of amides is 2. The molecule has 0 aromatic heterocycles. The smallest absolute Gasteiger partial charge is 0.255 e. The van der Waals surface area contributed by atoms with Crippen molar-refractivity contribution >= 4 is 23.2 Å². The van der Waals surface area contributed by atoms with Crippen LogP contribution in [-0.2, 0) is 0 Å². The quantitative estimate of drug-likeness (QED) is 0.915. The number of nitrogens with zero attached hydrogens (tertiary/aromatic N) is 2. The van der Waals surface area contributed by atoms with Gasteiger partial charge in [-0.2, -0.15) is 0 Å². The van der Waals surface area contributed by atoms with E-state index in [-0.39, 0.29) is 11.5 Å². The summed E-state index contributed by atoms with van der Waals surface area (Å²) in [6.07, 6.45) is 2.04. The number of nitrogens with one attached hydrogen (secondary N) is 1. The molecule has 136 valence electrons. The zero-order valence-corrected chi connectivity index (χ0v) is 15.0. The monoisotopic (exact) mass is 355 g/mol. The van der Waals surface area contributed by atoms with Crippen LogP contribution in [0.15, 0.2) is 42.5 Å². The van der Waals surface area contributed by atoms with E-state index in [1.807, 2.05) is 30.0 Å². The molecule has 1 saturated heterocycles. The van der Waals surface area contributed by atoms with Crippen molar-refractivity contribution in [3.05, 3.63) is 59.4 Å². The number of anilines is 2. The lowest BCUT2D eigenvalue weighted by Crippen LogP contribution is -2.28. The molecule has 0 unspecified atom stereocenters. The van der Waals surface area contributed by atoms with Crippen LogP contribution in [0, 0.1) is 5.82 Å². The van der Waals surface area contributed by atoms with Crippen LogP contribution < -0.4 is 10.2 Å². The fourth-order valence-electron chi connectivity index (χ4n) is 3.09. The number of benzene rings is 2. The standard InChI is InChI=1S/C20H22FN3O2/c1-23(2)18-9-8-15(20(26)24-10-3-4-11-24)13-17(18)22-19(25)14-6-5-7-16(21)12-14/h5-9,12-13H,3-4,10-11H2,1-2H3,(H,22,25). The van der Waals surface area contributed by atoms with Crippen LogP contribution in [-0.4, -0.2) is 43.9 Å². The Morgan fingerprint density at radius 2 is 1.77 bits per heavy atom. The zero-order chi connectivity index (χ0) is 18.7. The summed E-state index contributed by atoms with van der Waals surface area (Å²) in [4.78, 5) is 28.8. The van der Waals surface area contributed by atoms with Crippen LogP contribution >= 0.6 is 0 Å². The van der Waals surface area contributed by atoms with Crippen LogP contribution in [0.4, 0.5) is 15.8 Å². The van der Waals surface area contributed by atoms with Gasteiger partial charge >= 0.3 is 0 Å². The average Bonchev–Trinajstić information content (AvgIpc) is 3.15. The summed E-state index contributed by atoms with van der Waals surface area (Å²) in [5.74, 6) is -0.920. The van der Waals surface area contributed by atoms with Crippen molar-refractivity contribution in [1.29, 1.82) is 0 Å². The van der Waals surface area contributed by atoms with Gasteiger partial charge in [0.05, 0.1) is 11.4 Å². The van der Waals surface area contributed by atoms with Crippen molar-refractivity contribution in [3.8, 4) is 0 Å². The molecule has 3 rings (SSSR count). The zero-order valence-electron chi connectivity index (χ0n) is 15.0. The van der Waals surface area contributed by atoms with E-state index in [1.54, 1.807) is 18.2 Å². The molecule has 0 bridgehead atoms. The highest BCUT2D eigenvalue weighted by Crippen LogP contribution is 2.27. The lowest BCUT2D eigenvalue weighted by molar-refractivity contribution is 0.0792. The number of carbonyl (C=O) groups is 2. The lowest BCUT2D eigenvalue weighted by atomic mass is 10.1. The number of rotatable bonds is 4. The largest absolute Gasteiger partial charge is 0.376 e. The van der Waals surface area contributed by atoms with Crippen LogP contribution in [0.2, 0.25) is 0 Å². The molecule has 1 heterocycles. The maximum atomic E-state index is 13.4. The second kappa shape index (κ2) is 7.56. The topological polar surface area (TPSA) is 52.7 Å². The second-order valence-electron chi connectivity index (χ2n) is 6.59. The van der Waals surface area contributed by atoms with Crippen molar-refractivity contribution in [1.82, 2.24) is 4.90 Å². The van der Waals surface area contributed by atoms with Gasteiger partial charge in [-0.3, -0.25) is 9.59 Å². The molecule has 1 aliphatic rings. The van der Waals surface area contributed by atoms with Gasteiger partial charge in [0, 0.05) is 38.3 Å². The van der Waals surface area contributed by atoms with Gasteiger partial charge in [0.2, 0.25) is 0 Å². The van der Waals surface area contributed by atoms with E-state index in [0.717, 1.165) is 31.6 Å². The Labute approximate surface area is 152 Å². The first-order valence-electron chi connectivity index (χ1n) is 8.63. The van der Waals surface area contributed by atoms with Gasteiger partial charge in [-0.15, -0.1) is 0 Å². The summed E-state index contributed by atoms with van der Waals surface area (Å²) < 4.78 is 13.4. The van der Waals surface area contributed by atoms with E-state index < -0.39 is 11.7 Å². The van der Waals surface area contributed by atoms with Gasteiger partial charge in [0.1, 0.15) is 5.82 Å². The third-order valence-corrected chi connectivity index (χ3v) is 4.45. The summed E-state index contributed by atoms with van der Waals surface area (Å²) in [5.41, 5.74) is 2.06. The first kappa shape index (κ1) is 17.9. The lowest BCUT2D eigenvalue weighted by Gasteiger charge is -2.21. The number of carbonyl (C=O) groups excluding carboxylic acids is 2. The first-order valence-corrected chi connectivity index (χ1v) is 8.63. The van der Waals surface area contributed by atoms with E-state index in [2.05, 4.69) is 5.32 Å². The molecule has 1 N–H and O–H groups in total. The molecule has 6 heteroatoms. The summed E-state index contributed by atoms with van der Waals surface area (Å²) in [7, 11) is 3.71. The fourth-order valence-corrected chi connectivity index (χ4v) is 3.09. The van der Waals surface area contributed by atoms with Crippen LogP contribution in [0.5, 0.6) is 0 Å². The number of hydrogen-bond donors (Lipinski definition) is 1. The van der Waals surface area contributed by atoms with Crippen molar-refractivity contribution in [2.24, 2.45) is 0 Å². The Kier molecular flexibility index (Phi) is 5.21. The predicted molar refractivity (Wildman–Crippen MR) is 100 cm³/mol. The number of halogens is 1. The van der Waals surface area contributed by atoms with Crippen molar-refractivity contribution in [2.75, 3.05) is 37.4 Å². The Bertz CT molecular complexity index is 830. The van der Waals surface area contributed by atoms with Gasteiger partial charge in [-0.1, -0.05) is 6.07 Å². The minimum absolute atomic E-state index is 0.0333. The Hall–Kier alpha value is -2.89. The highest BCUT2D eigenvalue weighted by atomic mass is 19.1. The van der Waals surface area contributed by atoms with Crippen LogP contribution in [0.1, 0.15) is 33.6 Å². The van der Waals surface area contributed by atoms with E-state index in [0.29, 0.717) is 11.3 Å². The van der Waals surface area contributed by atoms with Gasteiger partial charge in [0.25, 0.3) is 11.8 Å². The molecule has 0 aliphatic carbocycles. The van der Waals surface area contributed by atoms with Crippen LogP contribution in [0.25, 0.3) is 0 Å². The molecule has 26 heavy (non-hydrogen) atoms. The molecule has 0 spiro atoms. The van der Waals surface area contributed by atoms with Gasteiger partial charge in [-0.25, -0.2) is 4.39 Å². The molecule has 1 aliphatic heterocycles. The molecule has 2 amide bonds. The van der Waals surface area contributed by atoms with E-state index in [9.17, 15) is 14.0 Å². The van der Waals surface area contributed by atoms with E-state index in [4.69, 9.17) is 0 Å². The Morgan fingerprint density at radius 1 is 1.04 bits per heavy atom. The molecular formula is C20H22FN3O2. The minimum atomic E-state index is -0.469. The maximum absolute atomic E-state index is 13.4. The number of likely N-dealkylation sites (tertiary alicyclic amines) is 1. The van der Waals surface area contributed by atoms with Crippen molar-refractivity contribution in [3.63, 3.8) is 0 Å². The van der Waals surface area contributed by atoms with Gasteiger partial charge in [-0.05, 0) is 49.2 Å². The number of hydrogen-bond acceptors (Lipinski definition) is 3. The van der Waals surface area contributed by atoms with Gasteiger partial charge < -0.3 is 15.1 Å². The maximum Gasteiger partial charge on any atom is 0.255 e. The highest BCUT2D eigenvalue weighted by Gasteiger charge is 2.21. The molecule has 0 radical (unpaired) electrons. The SMILES string of the molecule is CN(C)c1ccc(C(=O)N2CCCC2)cc1NC(=O)c1cccc(F)c1. The predicted octanol–water partition coefficient (Wildman–Crippen LogP) is 3.38. The second-order valence-corrected chi connectivity index (χ2v) is 6.59. The van der Waals surface area contributed by atoms with Gasteiger partial charge in [0.15, 0.2) is 0 Å². The molecule has 0 saturated carbocycles. The molecule has 2 aromatic carbocycles. The van der Waals surface area contributed by atoms with Crippen molar-refractivity contribution in [2.45, 2.75) is 12.8 Å². The summed E-state index contributed by atoms with van der Waals surface area (Å²) in [6, 6.07) is 10.8. The molecule has 0 atom stereocenters. The molecule has 5 nitrogen and oxygen atoms in total. The molecule has 2 aromatic rings. The first-order chi connectivity index (χ1) is 12.5. The molecule has 1 fully saturated rings. The molecular weight excluding hydrogens is 333 g/mol. The Morgan fingerprint density at radius 3 is 2.42 bits per heavy atom. The summed E-state index contributed by atoms with van der Waals surface area (Å²) in [6.45, 7) is 1.53. The van der Waals surface area contributed by atoms with Crippen molar-refractivity contribution < 1.29 is 14.0 Å². The summed E-state index contributed by atoms with van der Waals surface area (Å²) >= 11 is 0. The Balaban J connectivity index is 1.89. The summed E-state index contributed by atoms with van der Waals surface area (Å²) in [5, 5.41) is 2.80. The van der Waals surface area contributed by atoms with Crippen LogP contribution in [0.3, 0.4) is 0 Å². The third-order valence-electron chi connectivity index (χ3n) is 4.45. The normalized spacial score (nSPS) is 13.6. The third kappa shape index (κ3) is 3.85. The van der Waals surface area contributed by atoms with E-state index >= 15 is 0 Å². The average molecular weight is 355 g/mol. The fraction of sp³-hybridized carbons (Fsp3) is 0.300.